The van der Waals surface area contributed by atoms with Gasteiger partial charge in [-0.25, -0.2) is 4.79 Å². The van der Waals surface area contributed by atoms with Gasteiger partial charge in [0.05, 0.1) is 24.8 Å². The molecule has 0 aliphatic rings. The SMILES string of the molecule is CC(C)(C)OC(=O)Nc1cnn(Cc2ccc(CC(=O)O)cc2)c1. The molecule has 7 nitrogen and oxygen atoms in total. The van der Waals surface area contributed by atoms with Gasteiger partial charge in [0.2, 0.25) is 0 Å². The van der Waals surface area contributed by atoms with Gasteiger partial charge < -0.3 is 9.84 Å². The van der Waals surface area contributed by atoms with Crippen LogP contribution in [0.3, 0.4) is 0 Å². The van der Waals surface area contributed by atoms with Crippen molar-refractivity contribution in [2.45, 2.75) is 39.3 Å². The van der Waals surface area contributed by atoms with Gasteiger partial charge in [0.1, 0.15) is 5.60 Å². The third-order valence-corrected chi connectivity index (χ3v) is 3.00. The highest BCUT2D eigenvalue weighted by molar-refractivity contribution is 5.84. The predicted molar refractivity (Wildman–Crippen MR) is 89.0 cm³/mol. The molecular formula is C17H21N3O4. The Balaban J connectivity index is 1.93. The molecule has 1 amide bonds. The highest BCUT2D eigenvalue weighted by Crippen LogP contribution is 2.12. The van der Waals surface area contributed by atoms with Crippen LogP contribution >= 0.6 is 0 Å². The highest BCUT2D eigenvalue weighted by Gasteiger charge is 2.16. The van der Waals surface area contributed by atoms with Crippen LogP contribution in [-0.2, 0) is 22.5 Å². The minimum absolute atomic E-state index is 0.00596. The molecule has 0 aliphatic carbocycles. The van der Waals surface area contributed by atoms with Gasteiger partial charge in [-0.2, -0.15) is 5.10 Å². The molecule has 0 saturated heterocycles. The summed E-state index contributed by atoms with van der Waals surface area (Å²) in [5, 5.41) is 15.6. The number of rotatable bonds is 5. The summed E-state index contributed by atoms with van der Waals surface area (Å²) in [4.78, 5) is 22.4. The number of aliphatic carboxylic acids is 1. The lowest BCUT2D eigenvalue weighted by molar-refractivity contribution is -0.136. The van der Waals surface area contributed by atoms with Gasteiger partial charge in [0.25, 0.3) is 0 Å². The van der Waals surface area contributed by atoms with Gasteiger partial charge in [0.15, 0.2) is 0 Å². The first-order chi connectivity index (χ1) is 11.2. The van der Waals surface area contributed by atoms with E-state index in [4.69, 9.17) is 9.84 Å². The first-order valence-electron chi connectivity index (χ1n) is 7.53. The fourth-order valence-corrected chi connectivity index (χ4v) is 2.06. The number of benzene rings is 1. The van der Waals surface area contributed by atoms with Crippen molar-refractivity contribution in [2.75, 3.05) is 5.32 Å². The second-order valence-electron chi connectivity index (χ2n) is 6.44. The molecule has 0 bridgehead atoms. The maximum atomic E-state index is 11.7. The number of carboxylic acids is 1. The van der Waals surface area contributed by atoms with Crippen LogP contribution in [0.25, 0.3) is 0 Å². The van der Waals surface area contributed by atoms with Gasteiger partial charge in [-0.1, -0.05) is 24.3 Å². The summed E-state index contributed by atoms with van der Waals surface area (Å²) < 4.78 is 6.86. The molecule has 0 radical (unpaired) electrons. The van der Waals surface area contributed by atoms with E-state index in [9.17, 15) is 9.59 Å². The Kier molecular flexibility index (Phi) is 5.23. The summed E-state index contributed by atoms with van der Waals surface area (Å²) in [6.07, 6.45) is 2.73. The Morgan fingerprint density at radius 1 is 1.21 bits per heavy atom. The second kappa shape index (κ2) is 7.16. The Morgan fingerprint density at radius 3 is 2.42 bits per heavy atom. The molecule has 1 heterocycles. The average molecular weight is 331 g/mol. The number of amides is 1. The van der Waals surface area contributed by atoms with Crippen LogP contribution in [0.2, 0.25) is 0 Å². The summed E-state index contributed by atoms with van der Waals surface area (Å²) in [5.74, 6) is -0.854. The first-order valence-corrected chi connectivity index (χ1v) is 7.53. The molecule has 2 N–H and O–H groups in total. The minimum atomic E-state index is -0.854. The molecule has 1 aromatic carbocycles. The van der Waals surface area contributed by atoms with E-state index in [-0.39, 0.29) is 6.42 Å². The predicted octanol–water partition coefficient (Wildman–Crippen LogP) is 2.91. The lowest BCUT2D eigenvalue weighted by Gasteiger charge is -2.19. The van der Waals surface area contributed by atoms with E-state index < -0.39 is 17.7 Å². The summed E-state index contributed by atoms with van der Waals surface area (Å²) in [6.45, 7) is 5.90. The standard InChI is InChI=1S/C17H21N3O4/c1-17(2,3)24-16(23)19-14-9-18-20(11-14)10-13-6-4-12(5-7-13)8-15(21)22/h4-7,9,11H,8,10H2,1-3H3,(H,19,23)(H,21,22). The Labute approximate surface area is 140 Å². The van der Waals surface area contributed by atoms with Crippen molar-refractivity contribution < 1.29 is 19.4 Å². The van der Waals surface area contributed by atoms with Crippen LogP contribution in [0.5, 0.6) is 0 Å². The number of carbonyl (C=O) groups is 2. The van der Waals surface area contributed by atoms with Gasteiger partial charge in [-0.15, -0.1) is 0 Å². The fraction of sp³-hybridized carbons (Fsp3) is 0.353. The van der Waals surface area contributed by atoms with Crippen LogP contribution in [0.15, 0.2) is 36.7 Å². The molecule has 0 spiro atoms. The zero-order chi connectivity index (χ0) is 17.7. The van der Waals surface area contributed by atoms with Crippen molar-refractivity contribution in [3.8, 4) is 0 Å². The third kappa shape index (κ3) is 5.75. The van der Waals surface area contributed by atoms with Crippen molar-refractivity contribution in [1.82, 2.24) is 9.78 Å². The molecule has 0 atom stereocenters. The van der Waals surface area contributed by atoms with E-state index in [2.05, 4.69) is 10.4 Å². The second-order valence-corrected chi connectivity index (χ2v) is 6.44. The molecule has 2 rings (SSSR count). The van der Waals surface area contributed by atoms with Gasteiger partial charge in [-0.3, -0.25) is 14.8 Å². The fourth-order valence-electron chi connectivity index (χ4n) is 2.06. The topological polar surface area (TPSA) is 93.5 Å². The number of carbonyl (C=O) groups excluding carboxylic acids is 1. The maximum Gasteiger partial charge on any atom is 0.412 e. The van der Waals surface area contributed by atoms with Crippen molar-refractivity contribution in [1.29, 1.82) is 0 Å². The molecule has 128 valence electrons. The molecule has 7 heteroatoms. The van der Waals surface area contributed by atoms with E-state index in [0.29, 0.717) is 12.2 Å². The molecule has 0 saturated carbocycles. The van der Waals surface area contributed by atoms with E-state index in [1.165, 1.54) is 0 Å². The number of ether oxygens (including phenoxy) is 1. The minimum Gasteiger partial charge on any atom is -0.481 e. The number of nitrogens with one attached hydrogen (secondary N) is 1. The number of hydrogen-bond donors (Lipinski definition) is 2. The first kappa shape index (κ1) is 17.5. The Morgan fingerprint density at radius 2 is 1.83 bits per heavy atom. The number of aromatic nitrogens is 2. The van der Waals surface area contributed by atoms with E-state index >= 15 is 0 Å². The highest BCUT2D eigenvalue weighted by atomic mass is 16.6. The van der Waals surface area contributed by atoms with Crippen molar-refractivity contribution in [2.24, 2.45) is 0 Å². The zero-order valence-electron chi connectivity index (χ0n) is 13.9. The largest absolute Gasteiger partial charge is 0.481 e. The summed E-state index contributed by atoms with van der Waals surface area (Å²) in [5.41, 5.74) is 1.72. The van der Waals surface area contributed by atoms with E-state index in [0.717, 1.165) is 11.1 Å². The molecule has 0 aliphatic heterocycles. The molecule has 0 unspecified atom stereocenters. The number of carboxylic acid groups (broad SMARTS) is 1. The molecule has 24 heavy (non-hydrogen) atoms. The number of anilines is 1. The van der Waals surface area contributed by atoms with Crippen molar-refractivity contribution >= 4 is 17.7 Å². The smallest absolute Gasteiger partial charge is 0.412 e. The summed E-state index contributed by atoms with van der Waals surface area (Å²) >= 11 is 0. The van der Waals surface area contributed by atoms with Crippen molar-refractivity contribution in [3.05, 3.63) is 47.8 Å². The van der Waals surface area contributed by atoms with Gasteiger partial charge in [-0.05, 0) is 31.9 Å². The molecule has 0 fully saturated rings. The summed E-state index contributed by atoms with van der Waals surface area (Å²) in [7, 11) is 0. The van der Waals surface area contributed by atoms with Crippen LogP contribution in [-0.4, -0.2) is 32.6 Å². The Bertz CT molecular complexity index is 714. The molecular weight excluding hydrogens is 310 g/mol. The average Bonchev–Trinajstić information content (AvgIpc) is 2.85. The Hall–Kier alpha value is -2.83. The lowest BCUT2D eigenvalue weighted by atomic mass is 10.1. The van der Waals surface area contributed by atoms with Crippen LogP contribution in [0.4, 0.5) is 10.5 Å². The maximum absolute atomic E-state index is 11.7. The van der Waals surface area contributed by atoms with Crippen molar-refractivity contribution in [3.63, 3.8) is 0 Å². The quantitative estimate of drug-likeness (QED) is 0.878. The number of nitrogens with zero attached hydrogens (tertiary/aromatic N) is 2. The lowest BCUT2D eigenvalue weighted by Crippen LogP contribution is -2.27. The normalized spacial score (nSPS) is 11.1. The van der Waals surface area contributed by atoms with E-state index in [1.54, 1.807) is 50.0 Å². The summed E-state index contributed by atoms with van der Waals surface area (Å²) in [6, 6.07) is 7.29. The van der Waals surface area contributed by atoms with Gasteiger partial charge >= 0.3 is 12.1 Å². The van der Waals surface area contributed by atoms with Gasteiger partial charge in [0, 0.05) is 6.20 Å². The third-order valence-electron chi connectivity index (χ3n) is 3.00. The van der Waals surface area contributed by atoms with Crippen LogP contribution in [0.1, 0.15) is 31.9 Å². The molecule has 1 aromatic heterocycles. The van der Waals surface area contributed by atoms with Crippen LogP contribution < -0.4 is 5.32 Å². The van der Waals surface area contributed by atoms with Crippen LogP contribution in [0, 0.1) is 0 Å². The molecule has 2 aromatic rings. The van der Waals surface area contributed by atoms with E-state index in [1.807, 2.05) is 12.1 Å². The number of hydrogen-bond acceptors (Lipinski definition) is 4. The monoisotopic (exact) mass is 331 g/mol. The zero-order valence-corrected chi connectivity index (χ0v) is 13.9.